The molecule has 2 aliphatic heterocycles. The highest BCUT2D eigenvalue weighted by Gasteiger charge is 2.39. The fraction of sp³-hybridized carbons (Fsp3) is 0.273. The number of carbonyl (C=O) groups is 4. The zero-order valence-electron chi connectivity index (χ0n) is 16.0. The van der Waals surface area contributed by atoms with E-state index in [2.05, 4.69) is 10.6 Å². The van der Waals surface area contributed by atoms with Gasteiger partial charge in [-0.05, 0) is 42.7 Å². The number of fused-ring (bicyclic) bond motifs is 1. The number of hydrogen-bond acceptors (Lipinski definition) is 4. The summed E-state index contributed by atoms with van der Waals surface area (Å²) in [6.07, 6.45) is 0.806. The van der Waals surface area contributed by atoms with Crippen LogP contribution in [0.4, 0.5) is 5.69 Å². The number of imide groups is 1. The largest absolute Gasteiger partial charge is 0.326 e. The molecule has 0 aromatic heterocycles. The molecule has 1 atom stereocenters. The highest BCUT2D eigenvalue weighted by Crippen LogP contribution is 2.29. The molecule has 2 N–H and O–H groups in total. The molecule has 0 spiro atoms. The lowest BCUT2D eigenvalue weighted by Crippen LogP contribution is -2.52. The van der Waals surface area contributed by atoms with Gasteiger partial charge in [-0.2, -0.15) is 0 Å². The van der Waals surface area contributed by atoms with Crippen LogP contribution in [0.1, 0.15) is 39.9 Å². The predicted molar refractivity (Wildman–Crippen MR) is 106 cm³/mol. The fourth-order valence-electron chi connectivity index (χ4n) is 3.75. The van der Waals surface area contributed by atoms with E-state index in [4.69, 9.17) is 0 Å². The van der Waals surface area contributed by atoms with Crippen LogP contribution in [-0.4, -0.2) is 34.6 Å². The highest BCUT2D eigenvalue weighted by molar-refractivity contribution is 6.05. The molecule has 0 bridgehead atoms. The molecule has 1 saturated heterocycles. The minimum atomic E-state index is -0.646. The van der Waals surface area contributed by atoms with Crippen molar-refractivity contribution in [3.8, 4) is 0 Å². The number of aryl methyl sites for hydroxylation is 1. The van der Waals surface area contributed by atoms with Crippen LogP contribution in [-0.2, 0) is 27.3 Å². The topological polar surface area (TPSA) is 95.6 Å². The first-order valence-electron chi connectivity index (χ1n) is 9.54. The Morgan fingerprint density at radius 1 is 1.14 bits per heavy atom. The van der Waals surface area contributed by atoms with Gasteiger partial charge >= 0.3 is 0 Å². The van der Waals surface area contributed by atoms with Gasteiger partial charge in [-0.15, -0.1) is 0 Å². The molecule has 2 aromatic rings. The van der Waals surface area contributed by atoms with Crippen LogP contribution in [0.15, 0.2) is 42.5 Å². The van der Waals surface area contributed by atoms with E-state index in [1.165, 1.54) is 4.90 Å². The molecule has 7 heteroatoms. The molecule has 0 saturated carbocycles. The van der Waals surface area contributed by atoms with Gasteiger partial charge in [-0.25, -0.2) is 0 Å². The van der Waals surface area contributed by atoms with Crippen molar-refractivity contribution < 1.29 is 19.2 Å². The maximum absolute atomic E-state index is 12.7. The van der Waals surface area contributed by atoms with Crippen molar-refractivity contribution in [3.63, 3.8) is 0 Å². The highest BCUT2D eigenvalue weighted by atomic mass is 16.2. The normalized spacial score (nSPS) is 18.4. The number of piperidine rings is 1. The second-order valence-corrected chi connectivity index (χ2v) is 7.48. The van der Waals surface area contributed by atoms with Crippen LogP contribution < -0.4 is 10.6 Å². The number of nitrogens with zero attached hydrogens (tertiary/aromatic N) is 1. The summed E-state index contributed by atoms with van der Waals surface area (Å²) >= 11 is 0. The number of anilines is 1. The van der Waals surface area contributed by atoms with Gasteiger partial charge in [-0.1, -0.05) is 29.8 Å². The van der Waals surface area contributed by atoms with E-state index in [-0.39, 0.29) is 37.1 Å². The molecule has 148 valence electrons. The van der Waals surface area contributed by atoms with Crippen molar-refractivity contribution >= 4 is 29.3 Å². The molecule has 29 heavy (non-hydrogen) atoms. The molecule has 0 radical (unpaired) electrons. The summed E-state index contributed by atoms with van der Waals surface area (Å²) < 4.78 is 0. The second kappa shape index (κ2) is 7.50. The summed E-state index contributed by atoms with van der Waals surface area (Å²) in [5.74, 6) is -1.12. The number of carbonyl (C=O) groups excluding carboxylic acids is 4. The van der Waals surface area contributed by atoms with Gasteiger partial charge in [0, 0.05) is 24.2 Å². The Labute approximate surface area is 168 Å². The summed E-state index contributed by atoms with van der Waals surface area (Å²) in [5, 5.41) is 5.15. The minimum Gasteiger partial charge on any atom is -0.326 e. The number of nitrogens with one attached hydrogen (secondary N) is 2. The zero-order chi connectivity index (χ0) is 20.5. The molecule has 7 nitrogen and oxygen atoms in total. The molecule has 4 amide bonds. The zero-order valence-corrected chi connectivity index (χ0v) is 16.0. The van der Waals surface area contributed by atoms with Crippen molar-refractivity contribution in [1.29, 1.82) is 0 Å². The van der Waals surface area contributed by atoms with Crippen molar-refractivity contribution in [2.45, 2.75) is 38.8 Å². The third-order valence-corrected chi connectivity index (χ3v) is 5.29. The number of hydrogen-bond donors (Lipinski definition) is 2. The van der Waals surface area contributed by atoms with Gasteiger partial charge < -0.3 is 10.2 Å². The molecule has 4 rings (SSSR count). The average molecular weight is 391 g/mol. The minimum absolute atomic E-state index is 0.139. The summed E-state index contributed by atoms with van der Waals surface area (Å²) in [6, 6.07) is 12.3. The van der Waals surface area contributed by atoms with Crippen LogP contribution in [0.25, 0.3) is 0 Å². The Bertz CT molecular complexity index is 1010. The monoisotopic (exact) mass is 391 g/mol. The molecule has 2 aromatic carbocycles. The van der Waals surface area contributed by atoms with E-state index in [0.717, 1.165) is 16.7 Å². The van der Waals surface area contributed by atoms with Gasteiger partial charge in [-0.3, -0.25) is 24.5 Å². The number of amides is 4. The Balaban J connectivity index is 1.44. The maximum Gasteiger partial charge on any atom is 0.255 e. The lowest BCUT2D eigenvalue weighted by Gasteiger charge is -2.29. The summed E-state index contributed by atoms with van der Waals surface area (Å²) in [7, 11) is 0. The lowest BCUT2D eigenvalue weighted by molar-refractivity contribution is -0.137. The van der Waals surface area contributed by atoms with Crippen LogP contribution in [0.2, 0.25) is 0 Å². The molecule has 1 unspecified atom stereocenters. The summed E-state index contributed by atoms with van der Waals surface area (Å²) in [5.41, 5.74) is 3.95. The van der Waals surface area contributed by atoms with Gasteiger partial charge in [0.1, 0.15) is 6.04 Å². The van der Waals surface area contributed by atoms with Crippen molar-refractivity contribution in [1.82, 2.24) is 10.2 Å². The summed E-state index contributed by atoms with van der Waals surface area (Å²) in [6.45, 7) is 2.27. The van der Waals surface area contributed by atoms with Gasteiger partial charge in [0.2, 0.25) is 17.7 Å². The third-order valence-electron chi connectivity index (χ3n) is 5.29. The first kappa shape index (κ1) is 18.9. The van der Waals surface area contributed by atoms with Crippen LogP contribution in [0, 0.1) is 6.92 Å². The number of rotatable bonds is 4. The third kappa shape index (κ3) is 3.89. The van der Waals surface area contributed by atoms with Crippen LogP contribution in [0.5, 0.6) is 0 Å². The molecule has 2 heterocycles. The van der Waals surface area contributed by atoms with E-state index < -0.39 is 11.9 Å². The SMILES string of the molecule is Cc1ccc(CC(=O)Nc2ccc3c(c2)CN(C2CCC(=O)NC2=O)C3=O)cc1. The molecule has 1 fully saturated rings. The molecule has 0 aliphatic carbocycles. The Hall–Kier alpha value is -3.48. The van der Waals surface area contributed by atoms with Gasteiger partial charge in [0.05, 0.1) is 6.42 Å². The molecular formula is C22H21N3O4. The molecule has 2 aliphatic rings. The van der Waals surface area contributed by atoms with Gasteiger partial charge in [0.25, 0.3) is 5.91 Å². The lowest BCUT2D eigenvalue weighted by atomic mass is 10.0. The smallest absolute Gasteiger partial charge is 0.255 e. The maximum atomic E-state index is 12.7. The van der Waals surface area contributed by atoms with E-state index in [0.29, 0.717) is 17.7 Å². The van der Waals surface area contributed by atoms with Gasteiger partial charge in [0.15, 0.2) is 0 Å². The average Bonchev–Trinajstić information content (AvgIpc) is 2.99. The van der Waals surface area contributed by atoms with Crippen molar-refractivity contribution in [2.24, 2.45) is 0 Å². The Morgan fingerprint density at radius 3 is 2.62 bits per heavy atom. The predicted octanol–water partition coefficient (Wildman–Crippen LogP) is 1.94. The Morgan fingerprint density at radius 2 is 1.90 bits per heavy atom. The standard InChI is InChI=1S/C22H21N3O4/c1-13-2-4-14(5-3-13)10-20(27)23-16-6-7-17-15(11-16)12-25(22(17)29)18-8-9-19(26)24-21(18)28/h2-7,11,18H,8-10,12H2,1H3,(H,23,27)(H,24,26,28). The van der Waals surface area contributed by atoms with E-state index in [9.17, 15) is 19.2 Å². The van der Waals surface area contributed by atoms with E-state index in [1.54, 1.807) is 18.2 Å². The molecular weight excluding hydrogens is 370 g/mol. The van der Waals surface area contributed by atoms with Crippen LogP contribution >= 0.6 is 0 Å². The second-order valence-electron chi connectivity index (χ2n) is 7.48. The first-order chi connectivity index (χ1) is 13.9. The number of benzene rings is 2. The fourth-order valence-corrected chi connectivity index (χ4v) is 3.75. The summed E-state index contributed by atoms with van der Waals surface area (Å²) in [4.78, 5) is 50.0. The Kier molecular flexibility index (Phi) is 4.88. The van der Waals surface area contributed by atoms with Crippen LogP contribution in [0.3, 0.4) is 0 Å². The van der Waals surface area contributed by atoms with E-state index in [1.807, 2.05) is 31.2 Å². The quantitative estimate of drug-likeness (QED) is 0.779. The van der Waals surface area contributed by atoms with Crippen molar-refractivity contribution in [3.05, 3.63) is 64.7 Å². The first-order valence-corrected chi connectivity index (χ1v) is 9.54. The van der Waals surface area contributed by atoms with Crippen molar-refractivity contribution in [2.75, 3.05) is 5.32 Å². The van der Waals surface area contributed by atoms with E-state index >= 15 is 0 Å².